The lowest BCUT2D eigenvalue weighted by Crippen LogP contribution is -2.40. The van der Waals surface area contributed by atoms with E-state index in [-0.39, 0.29) is 5.04 Å². The van der Waals surface area contributed by atoms with Crippen LogP contribution in [-0.2, 0) is 22.5 Å². The molecule has 0 amide bonds. The number of hydrogen-bond donors (Lipinski definition) is 0. The van der Waals surface area contributed by atoms with Crippen LogP contribution in [0.3, 0.4) is 0 Å². The van der Waals surface area contributed by atoms with Crippen molar-refractivity contribution in [3.05, 3.63) is 38.7 Å². The lowest BCUT2D eigenvalue weighted by Gasteiger charge is -2.36. The van der Waals surface area contributed by atoms with Crippen LogP contribution in [0.15, 0.2) is 33.2 Å². The molecule has 0 spiro atoms. The molecular weight excluding hydrogens is 418 g/mol. The van der Waals surface area contributed by atoms with Gasteiger partial charge in [-0.3, -0.25) is 4.57 Å². The van der Waals surface area contributed by atoms with E-state index < -0.39 is 8.32 Å². The van der Waals surface area contributed by atoms with Gasteiger partial charge in [0.2, 0.25) is 0 Å². The Balaban J connectivity index is 2.25. The van der Waals surface area contributed by atoms with Gasteiger partial charge in [-0.2, -0.15) is 0 Å². The highest BCUT2D eigenvalue weighted by Crippen LogP contribution is 2.37. The summed E-state index contributed by atoms with van der Waals surface area (Å²) >= 11 is 5.11. The first-order chi connectivity index (χ1) is 11.6. The summed E-state index contributed by atoms with van der Waals surface area (Å²) < 4.78 is 14.4. The van der Waals surface area contributed by atoms with E-state index in [4.69, 9.17) is 9.16 Å². The van der Waals surface area contributed by atoms with Crippen LogP contribution in [0.25, 0.3) is 0 Å². The third-order valence-corrected chi connectivity index (χ3v) is 10.1. The zero-order chi connectivity index (χ0) is 18.7. The molecule has 2 heterocycles. The number of aromatic nitrogens is 2. The Bertz CT molecular complexity index is 781. The normalized spacial score (nSPS) is 13.5. The van der Waals surface area contributed by atoms with E-state index in [1.165, 1.54) is 0 Å². The maximum atomic E-state index is 6.28. The second kappa shape index (κ2) is 8.26. The third kappa shape index (κ3) is 5.59. The van der Waals surface area contributed by atoms with Gasteiger partial charge >= 0.3 is 0 Å². The Hall–Kier alpha value is -0.803. The minimum Gasteiger partial charge on any atom is -0.411 e. The highest BCUT2D eigenvalue weighted by atomic mass is 79.9. The molecule has 0 atom stereocenters. The average molecular weight is 444 g/mol. The predicted octanol–water partition coefficient (Wildman–Crippen LogP) is 5.07. The summed E-state index contributed by atoms with van der Waals surface area (Å²) in [6, 6.07) is 3.90. The Labute approximate surface area is 163 Å². The van der Waals surface area contributed by atoms with Gasteiger partial charge in [0, 0.05) is 23.2 Å². The highest BCUT2D eigenvalue weighted by Gasteiger charge is 2.37. The number of nitrogens with zero attached hydrogens (tertiary/aromatic N) is 3. The van der Waals surface area contributed by atoms with Crippen molar-refractivity contribution in [1.29, 1.82) is 0 Å². The zero-order valence-electron chi connectivity index (χ0n) is 15.7. The van der Waals surface area contributed by atoms with E-state index in [2.05, 4.69) is 59.8 Å². The highest BCUT2D eigenvalue weighted by molar-refractivity contribution is 9.10. The molecule has 2 rings (SSSR count). The fourth-order valence-electron chi connectivity index (χ4n) is 1.86. The molecule has 138 valence electrons. The van der Waals surface area contributed by atoms with E-state index in [9.17, 15) is 0 Å². The molecule has 0 radical (unpaired) electrons. The van der Waals surface area contributed by atoms with Gasteiger partial charge in [0.05, 0.1) is 12.3 Å². The molecule has 0 aliphatic rings. The molecule has 0 aliphatic heterocycles. The largest absolute Gasteiger partial charge is 0.411 e. The van der Waals surface area contributed by atoms with Gasteiger partial charge < -0.3 is 9.16 Å². The van der Waals surface area contributed by atoms with Gasteiger partial charge in [-0.05, 0) is 30.3 Å². The Kier molecular flexibility index (Phi) is 6.78. The molecule has 0 fully saturated rings. The quantitative estimate of drug-likeness (QED) is 0.585. The van der Waals surface area contributed by atoms with Crippen molar-refractivity contribution in [2.75, 3.05) is 7.11 Å². The number of rotatable bonds is 6. The Morgan fingerprint density at radius 3 is 2.68 bits per heavy atom. The molecule has 0 N–H and O–H groups in total. The summed E-state index contributed by atoms with van der Waals surface area (Å²) in [5.41, 5.74) is 0.882. The van der Waals surface area contributed by atoms with Gasteiger partial charge in [0.1, 0.15) is 6.73 Å². The fraction of sp³-hybridized carbons (Fsp3) is 0.529. The van der Waals surface area contributed by atoms with Gasteiger partial charge in [-0.1, -0.05) is 36.7 Å². The number of methoxy groups -OCH3 is 1. The van der Waals surface area contributed by atoms with Crippen LogP contribution < -0.4 is 4.80 Å². The van der Waals surface area contributed by atoms with Crippen molar-refractivity contribution in [3.8, 4) is 0 Å². The average Bonchev–Trinajstić information content (AvgIpc) is 2.91. The maximum Gasteiger partial charge on any atom is 0.193 e. The number of pyridine rings is 1. The van der Waals surface area contributed by atoms with E-state index in [1.807, 2.05) is 28.3 Å². The number of ether oxygens (including phenoxy) is 1. The Morgan fingerprint density at radius 1 is 1.32 bits per heavy atom. The van der Waals surface area contributed by atoms with Crippen LogP contribution in [0, 0.1) is 0 Å². The van der Waals surface area contributed by atoms with E-state index in [0.29, 0.717) is 19.2 Å². The molecule has 5 nitrogen and oxygen atoms in total. The number of halogens is 1. The molecule has 0 unspecified atom stereocenters. The van der Waals surface area contributed by atoms with Crippen molar-refractivity contribution >= 4 is 41.4 Å². The van der Waals surface area contributed by atoms with Crippen molar-refractivity contribution in [2.24, 2.45) is 4.99 Å². The van der Waals surface area contributed by atoms with Crippen LogP contribution in [0.2, 0.25) is 18.1 Å². The summed E-state index contributed by atoms with van der Waals surface area (Å²) in [5.74, 6) is 0.663. The molecule has 0 aliphatic carbocycles. The second-order valence-corrected chi connectivity index (χ2v) is 14.0. The monoisotopic (exact) mass is 443 g/mol. The van der Waals surface area contributed by atoms with E-state index in [1.54, 1.807) is 18.4 Å². The topological polar surface area (TPSA) is 48.6 Å². The first-order valence-electron chi connectivity index (χ1n) is 8.10. The molecule has 2 aromatic heterocycles. The Morgan fingerprint density at radius 2 is 2.04 bits per heavy atom. The minimum absolute atomic E-state index is 0.175. The number of hydrogen-bond acceptors (Lipinski definition) is 5. The van der Waals surface area contributed by atoms with Crippen LogP contribution >= 0.6 is 27.3 Å². The van der Waals surface area contributed by atoms with Crippen LogP contribution in [0.5, 0.6) is 0 Å². The first-order valence-corrected chi connectivity index (χ1v) is 12.7. The van der Waals surface area contributed by atoms with Gasteiger partial charge in [0.25, 0.3) is 0 Å². The third-order valence-electron chi connectivity index (χ3n) is 4.36. The molecule has 0 saturated carbocycles. The number of thiazole rings is 1. The lowest BCUT2D eigenvalue weighted by molar-refractivity contribution is 0.129. The second-order valence-electron chi connectivity index (χ2n) is 7.37. The molecule has 0 bridgehead atoms. The standard InChI is InChI=1S/C17H26BrN3O2SSi/c1-17(2,3)25(5,6)23-11-14-9-13(18)10-15(19-14)20-16-21(12-22-4)7-8-24-16/h7-10H,11-12H2,1-6H3. The molecule has 25 heavy (non-hydrogen) atoms. The molecule has 0 aromatic carbocycles. The maximum absolute atomic E-state index is 6.28. The summed E-state index contributed by atoms with van der Waals surface area (Å²) in [7, 11) is -0.141. The van der Waals surface area contributed by atoms with Gasteiger partial charge in [-0.15, -0.1) is 11.3 Å². The summed E-state index contributed by atoms with van der Waals surface area (Å²) in [4.78, 5) is 10.1. The molecular formula is C17H26BrN3O2SSi. The summed E-state index contributed by atoms with van der Waals surface area (Å²) in [6.45, 7) is 12.2. The fourth-order valence-corrected chi connectivity index (χ4v) is 4.00. The van der Waals surface area contributed by atoms with Crippen LogP contribution in [0.1, 0.15) is 26.5 Å². The smallest absolute Gasteiger partial charge is 0.193 e. The van der Waals surface area contributed by atoms with Crippen molar-refractivity contribution in [2.45, 2.75) is 52.2 Å². The minimum atomic E-state index is -1.81. The zero-order valence-corrected chi connectivity index (χ0v) is 19.1. The summed E-state index contributed by atoms with van der Waals surface area (Å²) in [5, 5.41) is 2.16. The first kappa shape index (κ1) is 20.5. The summed E-state index contributed by atoms with van der Waals surface area (Å²) in [6.07, 6.45) is 1.95. The molecule has 8 heteroatoms. The van der Waals surface area contributed by atoms with Crippen molar-refractivity contribution in [3.63, 3.8) is 0 Å². The predicted molar refractivity (Wildman–Crippen MR) is 108 cm³/mol. The molecule has 0 saturated heterocycles. The van der Waals surface area contributed by atoms with E-state index >= 15 is 0 Å². The van der Waals surface area contributed by atoms with Crippen LogP contribution in [0.4, 0.5) is 5.82 Å². The van der Waals surface area contributed by atoms with Crippen molar-refractivity contribution < 1.29 is 9.16 Å². The lowest BCUT2D eigenvalue weighted by atomic mass is 10.2. The van der Waals surface area contributed by atoms with Crippen LogP contribution in [-0.4, -0.2) is 25.0 Å². The van der Waals surface area contributed by atoms with Crippen molar-refractivity contribution in [1.82, 2.24) is 9.55 Å². The van der Waals surface area contributed by atoms with Gasteiger partial charge in [0.15, 0.2) is 18.9 Å². The SMILES string of the molecule is COCn1ccsc1=Nc1cc(Br)cc(CO[Si](C)(C)C(C)(C)C)n1. The van der Waals surface area contributed by atoms with E-state index in [0.717, 1.165) is 15.0 Å². The molecule has 2 aromatic rings. The van der Waals surface area contributed by atoms with Gasteiger partial charge in [-0.25, -0.2) is 9.98 Å².